The summed E-state index contributed by atoms with van der Waals surface area (Å²) < 4.78 is 18.4. The van der Waals surface area contributed by atoms with E-state index >= 15 is 0 Å². The molecular formula is C19H17NO4S2. The zero-order chi connectivity index (χ0) is 18.3. The van der Waals surface area contributed by atoms with Gasteiger partial charge in [0.05, 0.1) is 36.8 Å². The molecule has 1 unspecified atom stereocenters. The standard InChI is InChI=1S/C19H17NO4S2/c1-22-13-8-10-11(17(23-2)18(13)24-3)9-15(16(10)21)26-19-20-12-6-4-5-7-14(12)25-19/h4-8,15H,9H2,1-3H3. The van der Waals surface area contributed by atoms with Crippen molar-refractivity contribution in [3.8, 4) is 17.2 Å². The van der Waals surface area contributed by atoms with Gasteiger partial charge in [0.2, 0.25) is 5.75 Å². The molecule has 7 heteroatoms. The van der Waals surface area contributed by atoms with Gasteiger partial charge < -0.3 is 14.2 Å². The lowest BCUT2D eigenvalue weighted by Crippen LogP contribution is -2.10. The second kappa shape index (κ2) is 6.81. The number of carbonyl (C=O) groups is 1. The van der Waals surface area contributed by atoms with Crippen LogP contribution in [0.25, 0.3) is 10.2 Å². The van der Waals surface area contributed by atoms with Gasteiger partial charge in [0.1, 0.15) is 0 Å². The number of benzene rings is 2. The van der Waals surface area contributed by atoms with Crippen LogP contribution in [0.5, 0.6) is 17.2 Å². The largest absolute Gasteiger partial charge is 0.493 e. The number of rotatable bonds is 5. The van der Waals surface area contributed by atoms with E-state index in [9.17, 15) is 4.79 Å². The summed E-state index contributed by atoms with van der Waals surface area (Å²) in [4.78, 5) is 17.6. The van der Waals surface area contributed by atoms with E-state index < -0.39 is 0 Å². The Morgan fingerprint density at radius 1 is 1.12 bits per heavy atom. The molecule has 1 aromatic heterocycles. The van der Waals surface area contributed by atoms with Crippen molar-refractivity contribution in [3.63, 3.8) is 0 Å². The van der Waals surface area contributed by atoms with Crippen LogP contribution in [0.4, 0.5) is 0 Å². The molecule has 0 amide bonds. The third-order valence-electron chi connectivity index (χ3n) is 4.40. The molecule has 0 N–H and O–H groups in total. The fourth-order valence-electron chi connectivity index (χ4n) is 3.21. The number of para-hydroxylation sites is 1. The van der Waals surface area contributed by atoms with Gasteiger partial charge in [-0.2, -0.15) is 0 Å². The number of aromatic nitrogens is 1. The molecule has 0 radical (unpaired) electrons. The lowest BCUT2D eigenvalue weighted by Gasteiger charge is -2.15. The Hall–Kier alpha value is -2.25. The maximum Gasteiger partial charge on any atom is 0.203 e. The van der Waals surface area contributed by atoms with Gasteiger partial charge in [0.15, 0.2) is 21.6 Å². The van der Waals surface area contributed by atoms with E-state index in [1.807, 2.05) is 24.3 Å². The number of fused-ring (bicyclic) bond motifs is 2. The van der Waals surface area contributed by atoms with Gasteiger partial charge in [-0.25, -0.2) is 4.98 Å². The quantitative estimate of drug-likeness (QED) is 0.653. The average molecular weight is 387 g/mol. The van der Waals surface area contributed by atoms with Crippen molar-refractivity contribution >= 4 is 39.1 Å². The summed E-state index contributed by atoms with van der Waals surface area (Å²) in [5, 5.41) is -0.226. The fourth-order valence-corrected chi connectivity index (χ4v) is 5.59. The van der Waals surface area contributed by atoms with Crippen LogP contribution in [0.3, 0.4) is 0 Å². The summed E-state index contributed by atoms with van der Waals surface area (Å²) >= 11 is 3.12. The van der Waals surface area contributed by atoms with Gasteiger partial charge >= 0.3 is 0 Å². The number of thioether (sulfide) groups is 1. The van der Waals surface area contributed by atoms with E-state index in [1.165, 1.54) is 11.8 Å². The van der Waals surface area contributed by atoms with Gasteiger partial charge in [0.25, 0.3) is 0 Å². The summed E-state index contributed by atoms with van der Waals surface area (Å²) in [5.41, 5.74) is 2.47. The molecule has 0 bridgehead atoms. The summed E-state index contributed by atoms with van der Waals surface area (Å²) in [7, 11) is 4.70. The molecule has 5 nitrogen and oxygen atoms in total. The van der Waals surface area contributed by atoms with E-state index in [1.54, 1.807) is 38.7 Å². The van der Waals surface area contributed by atoms with Crippen LogP contribution in [-0.4, -0.2) is 37.3 Å². The summed E-state index contributed by atoms with van der Waals surface area (Å²) in [6.45, 7) is 0. The number of thiazole rings is 1. The lowest BCUT2D eigenvalue weighted by atomic mass is 10.1. The third-order valence-corrected chi connectivity index (χ3v) is 6.73. The predicted octanol–water partition coefficient (Wildman–Crippen LogP) is 4.22. The maximum absolute atomic E-state index is 13.0. The number of hydrogen-bond donors (Lipinski definition) is 0. The first kappa shape index (κ1) is 17.2. The average Bonchev–Trinajstić information content (AvgIpc) is 3.21. The Labute approximate surface area is 159 Å². The maximum atomic E-state index is 13.0. The van der Waals surface area contributed by atoms with Gasteiger partial charge in [-0.15, -0.1) is 11.3 Å². The highest BCUT2D eigenvalue weighted by Gasteiger charge is 2.37. The molecule has 0 saturated carbocycles. The number of methoxy groups -OCH3 is 3. The van der Waals surface area contributed by atoms with Crippen molar-refractivity contribution in [1.29, 1.82) is 0 Å². The number of hydrogen-bond acceptors (Lipinski definition) is 7. The van der Waals surface area contributed by atoms with E-state index in [0.29, 0.717) is 29.2 Å². The van der Waals surface area contributed by atoms with Crippen molar-refractivity contribution in [2.24, 2.45) is 0 Å². The van der Waals surface area contributed by atoms with Crippen molar-refractivity contribution in [2.45, 2.75) is 16.0 Å². The number of carbonyl (C=O) groups excluding carboxylic acids is 1. The summed E-state index contributed by atoms with van der Waals surface area (Å²) in [5.74, 6) is 1.67. The molecule has 0 spiro atoms. The van der Waals surface area contributed by atoms with Crippen LogP contribution >= 0.6 is 23.1 Å². The van der Waals surface area contributed by atoms with Gasteiger partial charge in [-0.3, -0.25) is 4.79 Å². The second-order valence-corrected chi connectivity index (χ2v) is 8.27. The topological polar surface area (TPSA) is 57.6 Å². The first-order valence-electron chi connectivity index (χ1n) is 8.04. The molecule has 0 aliphatic heterocycles. The molecule has 134 valence electrons. The molecule has 1 heterocycles. The minimum atomic E-state index is -0.226. The first-order valence-corrected chi connectivity index (χ1v) is 9.74. The number of ketones is 1. The molecule has 4 rings (SSSR count). The molecule has 2 aromatic carbocycles. The number of Topliss-reactive ketones (excluding diaryl/α,β-unsaturated/α-hetero) is 1. The van der Waals surface area contributed by atoms with Crippen LogP contribution in [0.1, 0.15) is 15.9 Å². The van der Waals surface area contributed by atoms with Gasteiger partial charge in [-0.05, 0) is 24.6 Å². The second-order valence-electron chi connectivity index (χ2n) is 5.79. The Balaban J connectivity index is 1.69. The normalized spacial score (nSPS) is 16.0. The summed E-state index contributed by atoms with van der Waals surface area (Å²) in [6.07, 6.45) is 0.582. The zero-order valence-electron chi connectivity index (χ0n) is 14.6. The molecule has 0 fully saturated rings. The molecule has 26 heavy (non-hydrogen) atoms. The van der Waals surface area contributed by atoms with Crippen LogP contribution in [0, 0.1) is 0 Å². The lowest BCUT2D eigenvalue weighted by molar-refractivity contribution is 0.1000. The molecule has 1 aliphatic carbocycles. The minimum absolute atomic E-state index is 0.0727. The van der Waals surface area contributed by atoms with Crippen molar-refractivity contribution in [2.75, 3.05) is 21.3 Å². The monoisotopic (exact) mass is 387 g/mol. The Bertz CT molecular complexity index is 966. The van der Waals surface area contributed by atoms with Crippen LogP contribution in [0.15, 0.2) is 34.7 Å². The third kappa shape index (κ3) is 2.71. The summed E-state index contributed by atoms with van der Waals surface area (Å²) in [6, 6.07) is 9.74. The fraction of sp³-hybridized carbons (Fsp3) is 0.263. The van der Waals surface area contributed by atoms with Gasteiger partial charge in [0, 0.05) is 11.1 Å². The van der Waals surface area contributed by atoms with E-state index in [2.05, 4.69) is 4.98 Å². The van der Waals surface area contributed by atoms with Gasteiger partial charge in [-0.1, -0.05) is 23.9 Å². The minimum Gasteiger partial charge on any atom is -0.493 e. The number of nitrogens with zero attached hydrogens (tertiary/aromatic N) is 1. The van der Waals surface area contributed by atoms with Crippen LogP contribution in [0.2, 0.25) is 0 Å². The van der Waals surface area contributed by atoms with E-state index in [-0.39, 0.29) is 11.0 Å². The molecule has 0 saturated heterocycles. The zero-order valence-corrected chi connectivity index (χ0v) is 16.2. The highest BCUT2D eigenvalue weighted by atomic mass is 32.2. The highest BCUT2D eigenvalue weighted by Crippen LogP contribution is 2.48. The molecular weight excluding hydrogens is 370 g/mol. The Morgan fingerprint density at radius 2 is 1.88 bits per heavy atom. The Morgan fingerprint density at radius 3 is 2.58 bits per heavy atom. The van der Waals surface area contributed by atoms with Crippen molar-refractivity contribution in [1.82, 2.24) is 4.98 Å². The van der Waals surface area contributed by atoms with Crippen molar-refractivity contribution < 1.29 is 19.0 Å². The number of ether oxygens (including phenoxy) is 3. The molecule has 1 atom stereocenters. The first-order chi connectivity index (χ1) is 12.7. The molecule has 1 aliphatic rings. The highest BCUT2D eigenvalue weighted by molar-refractivity contribution is 8.02. The van der Waals surface area contributed by atoms with E-state index in [4.69, 9.17) is 14.2 Å². The van der Waals surface area contributed by atoms with Crippen molar-refractivity contribution in [3.05, 3.63) is 41.5 Å². The van der Waals surface area contributed by atoms with E-state index in [0.717, 1.165) is 20.1 Å². The molecule has 3 aromatic rings. The SMILES string of the molecule is COc1cc2c(c(OC)c1OC)CC(Sc1nc3ccccc3s1)C2=O. The Kier molecular flexibility index (Phi) is 4.50. The smallest absolute Gasteiger partial charge is 0.203 e. The predicted molar refractivity (Wildman–Crippen MR) is 103 cm³/mol. The van der Waals surface area contributed by atoms with Crippen LogP contribution in [-0.2, 0) is 6.42 Å². The van der Waals surface area contributed by atoms with Crippen LogP contribution < -0.4 is 14.2 Å².